The molecule has 1 heterocycles. The van der Waals surface area contributed by atoms with E-state index in [9.17, 15) is 47.9 Å². The molecule has 0 aliphatic rings. The van der Waals surface area contributed by atoms with Crippen molar-refractivity contribution in [2.75, 3.05) is 31.1 Å². The molecule has 0 fully saturated rings. The van der Waals surface area contributed by atoms with Crippen LogP contribution >= 0.6 is 23.5 Å². The van der Waals surface area contributed by atoms with Crippen molar-refractivity contribution in [1.29, 1.82) is 0 Å². The Labute approximate surface area is 563 Å². The quantitative estimate of drug-likeness (QED) is 0.0243. The summed E-state index contributed by atoms with van der Waals surface area (Å²) in [6.07, 6.45) is 2.23. The number of hydrogen-bond donors (Lipinski definition) is 4. The van der Waals surface area contributed by atoms with Crippen molar-refractivity contribution in [1.82, 2.24) is 25.8 Å². The van der Waals surface area contributed by atoms with Crippen LogP contribution in [0.2, 0.25) is 0 Å². The molecule has 0 radical (unpaired) electrons. The molecule has 516 valence electrons. The van der Waals surface area contributed by atoms with Gasteiger partial charge in [-0.15, -0.1) is 0 Å². The van der Waals surface area contributed by atoms with E-state index in [2.05, 4.69) is 21.3 Å². The average Bonchev–Trinajstić information content (AvgIpc) is 1.64. The maximum Gasteiger partial charge on any atom is 0.419 e. The van der Waals surface area contributed by atoms with Gasteiger partial charge in [-0.2, -0.15) is 23.5 Å². The fourth-order valence-electron chi connectivity index (χ4n) is 10.4. The number of ketones is 4. The normalized spacial score (nSPS) is 14.2. The smallest absolute Gasteiger partial charge is 0.419 e. The van der Waals surface area contributed by atoms with Crippen molar-refractivity contribution >= 4 is 99.2 Å². The van der Waals surface area contributed by atoms with E-state index >= 15 is 4.79 Å². The summed E-state index contributed by atoms with van der Waals surface area (Å²) in [6, 6.07) is 19.3. The average molecular weight is 1340 g/mol. The number of rotatable bonds is 36. The van der Waals surface area contributed by atoms with Crippen LogP contribution in [-0.2, 0) is 81.4 Å². The molecule has 1 aromatic heterocycles. The number of benzene rings is 3. The molecule has 4 aromatic rings. The lowest BCUT2D eigenvalue weighted by Gasteiger charge is -2.26. The molecule has 0 bridgehead atoms. The molecule has 0 saturated carbocycles. The predicted molar refractivity (Wildman–Crippen MR) is 367 cm³/mol. The first kappa shape index (κ1) is 79.1. The number of ether oxygens (including phenoxy) is 4. The molecule has 20 nitrogen and oxygen atoms in total. The van der Waals surface area contributed by atoms with E-state index in [0.29, 0.717) is 39.3 Å². The second-order valence-electron chi connectivity index (χ2n) is 27.9. The summed E-state index contributed by atoms with van der Waals surface area (Å²) in [5.41, 5.74) is -0.651. The molecule has 4 rings (SSSR count). The Morgan fingerprint density at radius 2 is 0.979 bits per heavy atom. The number of Topliss-reactive ketones (excluding diaryl/α,β-unsaturated/α-hetero) is 4. The molecule has 0 spiro atoms. The Morgan fingerprint density at radius 1 is 0.479 bits per heavy atom. The van der Waals surface area contributed by atoms with Gasteiger partial charge in [0.15, 0.2) is 17.3 Å². The van der Waals surface area contributed by atoms with Crippen molar-refractivity contribution in [3.05, 3.63) is 102 Å². The molecule has 3 aromatic carbocycles. The Hall–Kier alpha value is -7.33. The van der Waals surface area contributed by atoms with Crippen LogP contribution in [0.1, 0.15) is 164 Å². The maximum absolute atomic E-state index is 15.1. The van der Waals surface area contributed by atoms with Crippen LogP contribution in [0.4, 0.5) is 4.79 Å². The van der Waals surface area contributed by atoms with E-state index in [-0.39, 0.29) is 63.6 Å². The van der Waals surface area contributed by atoms with Crippen molar-refractivity contribution in [2.24, 2.45) is 23.7 Å². The molecule has 7 atom stereocenters. The number of para-hydroxylation sites is 1. The van der Waals surface area contributed by atoms with Gasteiger partial charge in [0.2, 0.25) is 23.6 Å². The van der Waals surface area contributed by atoms with Gasteiger partial charge in [-0.25, -0.2) is 4.79 Å². The van der Waals surface area contributed by atoms with Crippen LogP contribution in [0.5, 0.6) is 5.75 Å². The van der Waals surface area contributed by atoms with Gasteiger partial charge in [0.1, 0.15) is 33.9 Å². The van der Waals surface area contributed by atoms with Gasteiger partial charge >= 0.3 is 18.0 Å². The number of fused-ring (bicyclic) bond motifs is 1. The van der Waals surface area contributed by atoms with Crippen LogP contribution in [0.25, 0.3) is 10.9 Å². The Kier molecular flexibility index (Phi) is 30.7. The summed E-state index contributed by atoms with van der Waals surface area (Å²) in [5, 5.41) is 11.7. The van der Waals surface area contributed by atoms with Crippen molar-refractivity contribution in [3.8, 4) is 5.75 Å². The highest BCUT2D eigenvalue weighted by molar-refractivity contribution is 7.98. The number of amides is 4. The second-order valence-corrected chi connectivity index (χ2v) is 29.9. The fourth-order valence-corrected chi connectivity index (χ4v) is 11.4. The minimum atomic E-state index is -1.46. The van der Waals surface area contributed by atoms with Crippen LogP contribution in [0.15, 0.2) is 85.1 Å². The number of carbonyl (C=O) groups is 11. The highest BCUT2D eigenvalue weighted by Crippen LogP contribution is 2.28. The summed E-state index contributed by atoms with van der Waals surface area (Å²) in [4.78, 5) is 155. The van der Waals surface area contributed by atoms with Gasteiger partial charge < -0.3 is 40.2 Å². The van der Waals surface area contributed by atoms with E-state index in [1.807, 2.05) is 63.6 Å². The number of nitrogens with one attached hydrogen (secondary N) is 4. The highest BCUT2D eigenvalue weighted by atomic mass is 32.2. The summed E-state index contributed by atoms with van der Waals surface area (Å²) < 4.78 is 24.2. The molecule has 22 heteroatoms. The number of hydrogen-bond acceptors (Lipinski definition) is 17. The molecule has 0 unspecified atom stereocenters. The SMILES string of the molecule is CNC(=O)[C@@H](CC(=O)[C@H](CC(=O)OC(C)(C)C)NC(=O)[C@H](CCSC)CC(=O)[C@H](Cc1cn(C(=O)OC(C)(C)C)c2ccccc12)NC(=O)CCC(=O)[C@H](CCSC)NC(=O)[C@@H](CC(=O)[C@@H](C)CC(=O)OC(C)(C)C)Cc1ccc(OC(C)(C)C)cc1)Cc1ccccc1. The topological polar surface area (TPSA) is 278 Å². The number of nitrogens with zero attached hydrogens (tertiary/aromatic N) is 1. The molecule has 4 amide bonds. The predicted octanol–water partition coefficient (Wildman–Crippen LogP) is 10.5. The van der Waals surface area contributed by atoms with E-state index in [1.54, 1.807) is 118 Å². The van der Waals surface area contributed by atoms with E-state index in [1.165, 1.54) is 41.3 Å². The number of carbonyl (C=O) groups excluding carboxylic acids is 11. The number of thioether (sulfide) groups is 2. The van der Waals surface area contributed by atoms with Crippen LogP contribution in [-0.4, -0.2) is 141 Å². The Bertz CT molecular complexity index is 3250. The van der Waals surface area contributed by atoms with Gasteiger partial charge in [-0.05, 0) is 168 Å². The van der Waals surface area contributed by atoms with Gasteiger partial charge in [0, 0.05) is 80.8 Å². The second kappa shape index (κ2) is 36.5. The molecule has 0 aliphatic heterocycles. The van der Waals surface area contributed by atoms with E-state index in [0.717, 1.165) is 5.56 Å². The van der Waals surface area contributed by atoms with Crippen LogP contribution in [0.3, 0.4) is 0 Å². The third kappa shape index (κ3) is 28.3. The first-order chi connectivity index (χ1) is 43.9. The third-order valence-electron chi connectivity index (χ3n) is 14.9. The lowest BCUT2D eigenvalue weighted by Crippen LogP contribution is -2.48. The fraction of sp³-hybridized carbons (Fsp3) is 0.569. The lowest BCUT2D eigenvalue weighted by molar-refractivity contribution is -0.157. The zero-order valence-electron chi connectivity index (χ0n) is 57.9. The molecule has 4 N–H and O–H groups in total. The minimum Gasteiger partial charge on any atom is -0.488 e. The van der Waals surface area contributed by atoms with Crippen molar-refractivity contribution < 1.29 is 71.7 Å². The zero-order chi connectivity index (χ0) is 70.3. The van der Waals surface area contributed by atoms with Crippen molar-refractivity contribution in [3.63, 3.8) is 0 Å². The Balaban J connectivity index is 1.69. The van der Waals surface area contributed by atoms with Gasteiger partial charge in [-0.1, -0.05) is 67.6 Å². The monoisotopic (exact) mass is 1340 g/mol. The first-order valence-electron chi connectivity index (χ1n) is 32.2. The van der Waals surface area contributed by atoms with Crippen LogP contribution < -0.4 is 26.0 Å². The Morgan fingerprint density at radius 3 is 1.55 bits per heavy atom. The standard InChI is InChI=1S/C72H101N5O15S2/c1-45(36-63(83)90-70(5,6)7)59(79)41-50(38-47-26-28-52(29-27-47)89-69(2,3)4)67(87)75-54(33-35-94-16)58(78)30-31-62(82)74-55(39-51-44-77(68(88)92-72(11,12)13)57-25-21-20-24-53(51)57)60(80)40-48(32-34-93-15)66(86)76-56(43-64(84)91-71(8,9)10)61(81)42-49(65(85)73-14)37-46-22-18-17-19-23-46/h17-29,44-45,48-50,54-56H,30-43H2,1-16H3,(H,73,85)(H,74,82)(H,75,87)(H,76,86)/t45-,48+,49+,50+,54-,55-,56-/m0/s1. The zero-order valence-corrected chi connectivity index (χ0v) is 59.5. The highest BCUT2D eigenvalue weighted by Gasteiger charge is 2.36. The van der Waals surface area contributed by atoms with Crippen molar-refractivity contribution in [2.45, 2.75) is 208 Å². The van der Waals surface area contributed by atoms with Gasteiger partial charge in [0.05, 0.1) is 36.5 Å². The van der Waals surface area contributed by atoms with Gasteiger partial charge in [-0.3, -0.25) is 52.5 Å². The number of aromatic nitrogens is 1. The van der Waals surface area contributed by atoms with Gasteiger partial charge in [0.25, 0.3) is 0 Å². The first-order valence-corrected chi connectivity index (χ1v) is 34.9. The largest absolute Gasteiger partial charge is 0.488 e. The summed E-state index contributed by atoms with van der Waals surface area (Å²) in [6.45, 7) is 22.7. The molecular weight excluding hydrogens is 1240 g/mol. The van der Waals surface area contributed by atoms with Crippen LogP contribution in [0, 0.1) is 23.7 Å². The molecule has 0 aliphatic carbocycles. The third-order valence-corrected chi connectivity index (χ3v) is 16.2. The molecule has 0 saturated heterocycles. The summed E-state index contributed by atoms with van der Waals surface area (Å²) >= 11 is 2.85. The van der Waals surface area contributed by atoms with E-state index in [4.69, 9.17) is 18.9 Å². The minimum absolute atomic E-state index is 0.101. The summed E-state index contributed by atoms with van der Waals surface area (Å²) in [7, 11) is 1.45. The molecular formula is C72H101N5O15S2. The van der Waals surface area contributed by atoms with E-state index < -0.39 is 142 Å². The lowest BCUT2D eigenvalue weighted by atomic mass is 9.88. The maximum atomic E-state index is 15.1. The molecule has 94 heavy (non-hydrogen) atoms. The summed E-state index contributed by atoms with van der Waals surface area (Å²) in [5.74, 6) is -8.17. The number of esters is 2.